The van der Waals surface area contributed by atoms with E-state index in [1.54, 1.807) is 0 Å². The van der Waals surface area contributed by atoms with E-state index in [9.17, 15) is 0 Å². The zero-order chi connectivity index (χ0) is 8.97. The fourth-order valence-corrected chi connectivity index (χ4v) is 1.39. The van der Waals surface area contributed by atoms with Crippen LogP contribution in [-0.4, -0.2) is 18.5 Å². The van der Waals surface area contributed by atoms with Crippen molar-refractivity contribution in [1.82, 2.24) is 0 Å². The smallest absolute Gasteiger partial charge is 0.222 e. The van der Waals surface area contributed by atoms with Crippen molar-refractivity contribution >= 4 is 0 Å². The monoisotopic (exact) mass is 168 g/mol. The zero-order valence-corrected chi connectivity index (χ0v) is 7.75. The molecule has 12 heavy (non-hydrogen) atoms. The Morgan fingerprint density at radius 3 is 2.08 bits per heavy atom. The lowest BCUT2D eigenvalue weighted by Crippen LogP contribution is -2.36. The van der Waals surface area contributed by atoms with E-state index in [0.29, 0.717) is 0 Å². The van der Waals surface area contributed by atoms with Gasteiger partial charge in [0.05, 0.1) is 12.2 Å². The molecule has 0 bridgehead atoms. The van der Waals surface area contributed by atoms with E-state index in [2.05, 4.69) is 19.8 Å². The van der Waals surface area contributed by atoms with Crippen molar-refractivity contribution in [1.29, 1.82) is 0 Å². The van der Waals surface area contributed by atoms with Gasteiger partial charge in [-0.25, -0.2) is 0 Å². The molecule has 1 heterocycles. The first-order valence-electron chi connectivity index (χ1n) is 4.57. The van der Waals surface area contributed by atoms with E-state index < -0.39 is 6.29 Å². The van der Waals surface area contributed by atoms with Gasteiger partial charge in [0.1, 0.15) is 0 Å². The molecular weight excluding hydrogens is 152 g/mol. The molecule has 2 heteroatoms. The van der Waals surface area contributed by atoms with Crippen LogP contribution in [0.3, 0.4) is 0 Å². The lowest BCUT2D eigenvalue weighted by atomic mass is 10.1. The van der Waals surface area contributed by atoms with Gasteiger partial charge in [0.2, 0.25) is 6.29 Å². The van der Waals surface area contributed by atoms with Gasteiger partial charge in [0.15, 0.2) is 0 Å². The van der Waals surface area contributed by atoms with E-state index in [1.165, 1.54) is 0 Å². The predicted octanol–water partition coefficient (Wildman–Crippen LogP) is 1.94. The van der Waals surface area contributed by atoms with E-state index >= 15 is 0 Å². The Hall–Kier alpha value is -0.520. The van der Waals surface area contributed by atoms with Gasteiger partial charge in [-0.15, -0.1) is 6.42 Å². The molecule has 0 aromatic carbocycles. The molecule has 68 valence electrons. The van der Waals surface area contributed by atoms with Crippen LogP contribution in [0.4, 0.5) is 0 Å². The summed E-state index contributed by atoms with van der Waals surface area (Å²) in [6, 6.07) is 0. The van der Waals surface area contributed by atoms with Gasteiger partial charge in [0.25, 0.3) is 0 Å². The van der Waals surface area contributed by atoms with Crippen LogP contribution in [0.5, 0.6) is 0 Å². The van der Waals surface area contributed by atoms with E-state index in [0.717, 1.165) is 19.3 Å². The number of hydrogen-bond acceptors (Lipinski definition) is 2. The van der Waals surface area contributed by atoms with Crippen molar-refractivity contribution in [3.63, 3.8) is 0 Å². The summed E-state index contributed by atoms with van der Waals surface area (Å²) in [7, 11) is 0. The highest BCUT2D eigenvalue weighted by Gasteiger charge is 2.26. The molecule has 0 N–H and O–H groups in total. The fourth-order valence-electron chi connectivity index (χ4n) is 1.39. The van der Waals surface area contributed by atoms with E-state index in [1.807, 2.05) is 0 Å². The number of ether oxygens (including phenoxy) is 2. The van der Waals surface area contributed by atoms with Crippen molar-refractivity contribution in [2.45, 2.75) is 51.6 Å². The molecular formula is C10H16O2. The maximum absolute atomic E-state index is 5.46. The SMILES string of the molecule is C#CC1OC(CC)CC(CC)O1. The minimum Gasteiger partial charge on any atom is -0.339 e. The Kier molecular flexibility index (Phi) is 3.58. The van der Waals surface area contributed by atoms with Crippen LogP contribution in [0.25, 0.3) is 0 Å². The summed E-state index contributed by atoms with van der Waals surface area (Å²) in [5.74, 6) is 2.49. The summed E-state index contributed by atoms with van der Waals surface area (Å²) < 4.78 is 10.9. The molecule has 1 saturated heterocycles. The number of rotatable bonds is 2. The second-order valence-electron chi connectivity index (χ2n) is 3.07. The molecule has 0 aliphatic carbocycles. The van der Waals surface area contributed by atoms with Crippen molar-refractivity contribution in [3.8, 4) is 12.3 Å². The highest BCUT2D eigenvalue weighted by atomic mass is 16.7. The first kappa shape index (κ1) is 9.57. The second kappa shape index (κ2) is 4.49. The Labute approximate surface area is 74.2 Å². The average molecular weight is 168 g/mol. The molecule has 0 radical (unpaired) electrons. The molecule has 1 aliphatic rings. The molecule has 0 aromatic heterocycles. The van der Waals surface area contributed by atoms with Crippen LogP contribution < -0.4 is 0 Å². The Balaban J connectivity index is 2.47. The van der Waals surface area contributed by atoms with Gasteiger partial charge in [-0.05, 0) is 18.8 Å². The third kappa shape index (κ3) is 2.23. The van der Waals surface area contributed by atoms with Crippen LogP contribution >= 0.6 is 0 Å². The second-order valence-corrected chi connectivity index (χ2v) is 3.07. The van der Waals surface area contributed by atoms with Gasteiger partial charge >= 0.3 is 0 Å². The number of terminal acetylenes is 1. The molecule has 2 atom stereocenters. The Morgan fingerprint density at radius 2 is 1.75 bits per heavy atom. The van der Waals surface area contributed by atoms with Crippen LogP contribution in [0, 0.1) is 12.3 Å². The quantitative estimate of drug-likeness (QED) is 0.587. The molecule has 0 saturated carbocycles. The van der Waals surface area contributed by atoms with Crippen molar-refractivity contribution < 1.29 is 9.47 Å². The summed E-state index contributed by atoms with van der Waals surface area (Å²) in [6.45, 7) is 4.21. The van der Waals surface area contributed by atoms with Gasteiger partial charge < -0.3 is 9.47 Å². The molecule has 1 fully saturated rings. The summed E-state index contributed by atoms with van der Waals surface area (Å²) in [6.07, 6.45) is 8.38. The molecule has 0 amide bonds. The van der Waals surface area contributed by atoms with Crippen LogP contribution in [0.15, 0.2) is 0 Å². The third-order valence-electron chi connectivity index (χ3n) is 2.20. The van der Waals surface area contributed by atoms with Crippen LogP contribution in [0.2, 0.25) is 0 Å². The average Bonchev–Trinajstić information content (AvgIpc) is 2.16. The summed E-state index contributed by atoms with van der Waals surface area (Å²) >= 11 is 0. The minimum absolute atomic E-state index is 0.282. The van der Waals surface area contributed by atoms with Crippen molar-refractivity contribution in [2.24, 2.45) is 0 Å². The summed E-state index contributed by atoms with van der Waals surface area (Å²) in [5.41, 5.74) is 0. The first-order valence-corrected chi connectivity index (χ1v) is 4.57. The topological polar surface area (TPSA) is 18.5 Å². The Bertz CT molecular complexity index is 159. The molecule has 1 aliphatic heterocycles. The van der Waals surface area contributed by atoms with Gasteiger partial charge in [-0.2, -0.15) is 0 Å². The highest BCUT2D eigenvalue weighted by molar-refractivity contribution is 4.92. The minimum atomic E-state index is -0.423. The fraction of sp³-hybridized carbons (Fsp3) is 0.800. The third-order valence-corrected chi connectivity index (χ3v) is 2.20. The van der Waals surface area contributed by atoms with Crippen LogP contribution in [0.1, 0.15) is 33.1 Å². The number of hydrogen-bond donors (Lipinski definition) is 0. The lowest BCUT2D eigenvalue weighted by molar-refractivity contribution is -0.215. The molecule has 2 nitrogen and oxygen atoms in total. The first-order chi connectivity index (χ1) is 5.80. The van der Waals surface area contributed by atoms with E-state index in [-0.39, 0.29) is 12.2 Å². The highest BCUT2D eigenvalue weighted by Crippen LogP contribution is 2.21. The maximum atomic E-state index is 5.46. The summed E-state index contributed by atoms with van der Waals surface area (Å²) in [5, 5.41) is 0. The van der Waals surface area contributed by atoms with Crippen molar-refractivity contribution in [2.75, 3.05) is 0 Å². The lowest BCUT2D eigenvalue weighted by Gasteiger charge is -2.32. The molecule has 0 spiro atoms. The van der Waals surface area contributed by atoms with Crippen molar-refractivity contribution in [3.05, 3.63) is 0 Å². The molecule has 0 aromatic rings. The summed E-state index contributed by atoms with van der Waals surface area (Å²) in [4.78, 5) is 0. The molecule has 1 rings (SSSR count). The van der Waals surface area contributed by atoms with Gasteiger partial charge in [-0.3, -0.25) is 0 Å². The van der Waals surface area contributed by atoms with Gasteiger partial charge in [0, 0.05) is 6.42 Å². The van der Waals surface area contributed by atoms with Crippen LogP contribution in [-0.2, 0) is 9.47 Å². The maximum Gasteiger partial charge on any atom is 0.222 e. The Morgan fingerprint density at radius 1 is 1.25 bits per heavy atom. The standard InChI is InChI=1S/C10H16O2/c1-4-8-7-9(5-2)12-10(6-3)11-8/h3,8-10H,4-5,7H2,1-2H3. The molecule has 2 unspecified atom stereocenters. The van der Waals surface area contributed by atoms with E-state index in [4.69, 9.17) is 15.9 Å². The normalized spacial score (nSPS) is 35.9. The largest absolute Gasteiger partial charge is 0.339 e. The van der Waals surface area contributed by atoms with Gasteiger partial charge in [-0.1, -0.05) is 13.8 Å². The predicted molar refractivity (Wildman–Crippen MR) is 47.6 cm³/mol. The zero-order valence-electron chi connectivity index (χ0n) is 7.75.